The average Bonchev–Trinajstić information content (AvgIpc) is 2.74. The number of fused-ring (bicyclic) bond motifs is 2. The number of benzene rings is 1. The molecule has 2 bridgehead atoms. The molecule has 3 heteroatoms. The van der Waals surface area contributed by atoms with Crippen molar-refractivity contribution in [3.63, 3.8) is 0 Å². The van der Waals surface area contributed by atoms with E-state index in [1.807, 2.05) is 0 Å². The molecule has 0 spiro atoms. The van der Waals surface area contributed by atoms with Gasteiger partial charge in [-0.15, -0.1) is 0 Å². The Hall–Kier alpha value is -1.06. The van der Waals surface area contributed by atoms with Gasteiger partial charge < -0.3 is 9.47 Å². The molecule has 0 aliphatic carbocycles. The van der Waals surface area contributed by atoms with Gasteiger partial charge in [-0.25, -0.2) is 0 Å². The normalized spacial score (nSPS) is 24.7. The van der Waals surface area contributed by atoms with Crippen molar-refractivity contribution in [3.8, 4) is 5.75 Å². The quantitative estimate of drug-likeness (QED) is 0.745. The van der Waals surface area contributed by atoms with Crippen molar-refractivity contribution in [2.24, 2.45) is 0 Å². The first-order chi connectivity index (χ1) is 10.7. The minimum Gasteiger partial charge on any atom is -0.491 e. The van der Waals surface area contributed by atoms with E-state index >= 15 is 0 Å². The van der Waals surface area contributed by atoms with Gasteiger partial charge in [-0.2, -0.15) is 0 Å². The second-order valence-corrected chi connectivity index (χ2v) is 6.80. The minimum absolute atomic E-state index is 0.617. The molecule has 22 heavy (non-hydrogen) atoms. The molecule has 2 aliphatic heterocycles. The summed E-state index contributed by atoms with van der Waals surface area (Å²) in [6.07, 6.45) is 7.03. The van der Waals surface area contributed by atoms with Crippen molar-refractivity contribution in [1.29, 1.82) is 0 Å². The molecule has 0 saturated carbocycles. The summed E-state index contributed by atoms with van der Waals surface area (Å²) in [5.74, 6) is 1.000. The van der Waals surface area contributed by atoms with Crippen LogP contribution in [-0.2, 0) is 11.3 Å². The van der Waals surface area contributed by atoms with Crippen molar-refractivity contribution >= 4 is 0 Å². The fraction of sp³-hybridized carbons (Fsp3) is 0.684. The molecule has 1 aromatic rings. The molecule has 0 aromatic heterocycles. The Morgan fingerprint density at radius 2 is 1.73 bits per heavy atom. The Kier molecular flexibility index (Phi) is 5.04. The van der Waals surface area contributed by atoms with Crippen LogP contribution in [-0.4, -0.2) is 37.3 Å². The summed E-state index contributed by atoms with van der Waals surface area (Å²) in [6.45, 7) is 6.77. The van der Waals surface area contributed by atoms with Gasteiger partial charge in [0.25, 0.3) is 0 Å². The van der Waals surface area contributed by atoms with Crippen LogP contribution in [0.25, 0.3) is 0 Å². The monoisotopic (exact) mass is 303 g/mol. The largest absolute Gasteiger partial charge is 0.491 e. The molecule has 1 aromatic carbocycles. The molecule has 122 valence electrons. The predicted octanol–water partition coefficient (Wildman–Crippen LogP) is 3.85. The zero-order valence-electron chi connectivity index (χ0n) is 14.2. The summed E-state index contributed by atoms with van der Waals surface area (Å²) in [5, 5.41) is 0. The van der Waals surface area contributed by atoms with Crippen LogP contribution in [0.2, 0.25) is 0 Å². The summed E-state index contributed by atoms with van der Waals surface area (Å²) in [6, 6.07) is 6.06. The Morgan fingerprint density at radius 3 is 2.41 bits per heavy atom. The summed E-state index contributed by atoms with van der Waals surface area (Å²) < 4.78 is 10.9. The van der Waals surface area contributed by atoms with E-state index < -0.39 is 0 Å². The number of hydrogen-bond acceptors (Lipinski definition) is 3. The van der Waals surface area contributed by atoms with E-state index in [4.69, 9.17) is 9.47 Å². The SMILES string of the molecule is COCCOc1ccc(CN2C3CCCC2CC3)c(C)c1C. The van der Waals surface area contributed by atoms with Crippen molar-refractivity contribution in [1.82, 2.24) is 4.90 Å². The van der Waals surface area contributed by atoms with E-state index in [0.29, 0.717) is 13.2 Å². The highest BCUT2D eigenvalue weighted by molar-refractivity contribution is 5.43. The van der Waals surface area contributed by atoms with Crippen LogP contribution in [0.4, 0.5) is 0 Å². The Bertz CT molecular complexity index is 498. The summed E-state index contributed by atoms with van der Waals surface area (Å²) in [5.41, 5.74) is 4.13. The fourth-order valence-corrected chi connectivity index (χ4v) is 4.09. The Balaban J connectivity index is 1.70. The maximum Gasteiger partial charge on any atom is 0.122 e. The number of hydrogen-bond donors (Lipinski definition) is 0. The van der Waals surface area contributed by atoms with Crippen LogP contribution in [0.3, 0.4) is 0 Å². The smallest absolute Gasteiger partial charge is 0.122 e. The predicted molar refractivity (Wildman–Crippen MR) is 89.5 cm³/mol. The average molecular weight is 303 g/mol. The topological polar surface area (TPSA) is 21.7 Å². The number of methoxy groups -OCH3 is 1. The van der Waals surface area contributed by atoms with Crippen molar-refractivity contribution in [2.75, 3.05) is 20.3 Å². The van der Waals surface area contributed by atoms with Crippen LogP contribution in [0.15, 0.2) is 12.1 Å². The third kappa shape index (κ3) is 3.16. The zero-order valence-corrected chi connectivity index (χ0v) is 14.2. The third-order valence-electron chi connectivity index (χ3n) is 5.59. The second kappa shape index (κ2) is 7.01. The van der Waals surface area contributed by atoms with E-state index in [-0.39, 0.29) is 0 Å². The molecule has 3 nitrogen and oxygen atoms in total. The lowest BCUT2D eigenvalue weighted by Gasteiger charge is -2.35. The third-order valence-corrected chi connectivity index (χ3v) is 5.59. The lowest BCUT2D eigenvalue weighted by molar-refractivity contribution is 0.131. The van der Waals surface area contributed by atoms with Gasteiger partial charge in [0.1, 0.15) is 12.4 Å². The zero-order chi connectivity index (χ0) is 15.5. The molecule has 2 unspecified atom stereocenters. The van der Waals surface area contributed by atoms with Crippen LogP contribution in [0.5, 0.6) is 5.75 Å². The molecule has 2 atom stereocenters. The number of rotatable bonds is 6. The highest BCUT2D eigenvalue weighted by Gasteiger charge is 2.36. The minimum atomic E-state index is 0.617. The van der Waals surface area contributed by atoms with Crippen molar-refractivity contribution in [2.45, 2.75) is 64.6 Å². The van der Waals surface area contributed by atoms with Gasteiger partial charge in [-0.1, -0.05) is 12.5 Å². The summed E-state index contributed by atoms with van der Waals surface area (Å²) in [4.78, 5) is 2.76. The van der Waals surface area contributed by atoms with E-state index in [1.54, 1.807) is 7.11 Å². The van der Waals surface area contributed by atoms with E-state index in [2.05, 4.69) is 30.9 Å². The van der Waals surface area contributed by atoms with Gasteiger partial charge >= 0.3 is 0 Å². The van der Waals surface area contributed by atoms with Gasteiger partial charge in [0, 0.05) is 25.7 Å². The van der Waals surface area contributed by atoms with Gasteiger partial charge in [-0.3, -0.25) is 4.90 Å². The maximum atomic E-state index is 5.82. The summed E-state index contributed by atoms with van der Waals surface area (Å²) >= 11 is 0. The van der Waals surface area contributed by atoms with Crippen LogP contribution >= 0.6 is 0 Å². The van der Waals surface area contributed by atoms with E-state index in [9.17, 15) is 0 Å². The highest BCUT2D eigenvalue weighted by Crippen LogP contribution is 2.37. The highest BCUT2D eigenvalue weighted by atomic mass is 16.5. The standard InChI is InChI=1S/C19H29NO2/c1-14-15(2)19(22-12-11-21-3)10-7-16(14)13-20-17-5-4-6-18(20)9-8-17/h7,10,17-18H,4-6,8-9,11-13H2,1-3H3. The van der Waals surface area contributed by atoms with Gasteiger partial charge in [0.2, 0.25) is 0 Å². The molecule has 0 radical (unpaired) electrons. The lowest BCUT2D eigenvalue weighted by Crippen LogP contribution is -2.39. The Labute approximate surface area is 134 Å². The molecule has 2 saturated heterocycles. The van der Waals surface area contributed by atoms with Gasteiger partial charge in [-0.05, 0) is 62.3 Å². The molecule has 0 N–H and O–H groups in total. The molecular weight excluding hydrogens is 274 g/mol. The number of piperidine rings is 1. The molecule has 0 amide bonds. The molecule has 3 rings (SSSR count). The molecule has 2 fully saturated rings. The summed E-state index contributed by atoms with van der Waals surface area (Å²) in [7, 11) is 1.71. The first-order valence-corrected chi connectivity index (χ1v) is 8.67. The molecule has 2 aliphatic rings. The van der Waals surface area contributed by atoms with Crippen molar-refractivity contribution < 1.29 is 9.47 Å². The van der Waals surface area contributed by atoms with Gasteiger partial charge in [0.05, 0.1) is 6.61 Å². The van der Waals surface area contributed by atoms with Gasteiger partial charge in [0.15, 0.2) is 0 Å². The van der Waals surface area contributed by atoms with Crippen LogP contribution in [0.1, 0.15) is 48.8 Å². The van der Waals surface area contributed by atoms with E-state index in [0.717, 1.165) is 24.4 Å². The van der Waals surface area contributed by atoms with Crippen LogP contribution in [0, 0.1) is 13.8 Å². The first kappa shape index (κ1) is 15.8. The number of nitrogens with zero attached hydrogens (tertiary/aromatic N) is 1. The lowest BCUT2D eigenvalue weighted by atomic mass is 9.98. The second-order valence-electron chi connectivity index (χ2n) is 6.80. The first-order valence-electron chi connectivity index (χ1n) is 8.67. The van der Waals surface area contributed by atoms with E-state index in [1.165, 1.54) is 48.8 Å². The molecule has 2 heterocycles. The van der Waals surface area contributed by atoms with Crippen LogP contribution < -0.4 is 4.74 Å². The fourth-order valence-electron chi connectivity index (χ4n) is 4.09. The Morgan fingerprint density at radius 1 is 1.00 bits per heavy atom. The maximum absolute atomic E-state index is 5.82. The van der Waals surface area contributed by atoms with Crippen molar-refractivity contribution in [3.05, 3.63) is 28.8 Å². The molecular formula is C19H29NO2. The number of ether oxygens (including phenoxy) is 2.